The number of guanidine groups is 1. The summed E-state index contributed by atoms with van der Waals surface area (Å²) in [5.41, 5.74) is -0.288. The molecule has 21 heavy (non-hydrogen) atoms. The van der Waals surface area contributed by atoms with Gasteiger partial charge in [0, 0.05) is 33.8 Å². The van der Waals surface area contributed by atoms with Crippen molar-refractivity contribution < 1.29 is 9.53 Å². The number of ether oxygens (including phenoxy) is 1. The van der Waals surface area contributed by atoms with E-state index in [9.17, 15) is 4.79 Å². The fourth-order valence-corrected chi connectivity index (χ4v) is 1.14. The molecule has 0 bridgehead atoms. The van der Waals surface area contributed by atoms with E-state index in [1.54, 1.807) is 21.2 Å². The zero-order valence-electron chi connectivity index (χ0n) is 14.3. The zero-order valence-corrected chi connectivity index (χ0v) is 16.6. The highest BCUT2D eigenvalue weighted by Gasteiger charge is 2.17. The monoisotopic (exact) mass is 414 g/mol. The van der Waals surface area contributed by atoms with Gasteiger partial charge in [-0.2, -0.15) is 0 Å². The Morgan fingerprint density at radius 3 is 2.38 bits per heavy atom. The number of hydrogen-bond acceptors (Lipinski definition) is 3. The minimum absolute atomic E-state index is 0. The number of rotatable bonds is 7. The van der Waals surface area contributed by atoms with Crippen LogP contribution >= 0.6 is 24.0 Å². The molecule has 0 aliphatic rings. The largest absolute Gasteiger partial charge is 0.377 e. The molecule has 0 fully saturated rings. The van der Waals surface area contributed by atoms with E-state index in [2.05, 4.69) is 29.5 Å². The number of aliphatic imine (C=N–C) groups is 1. The summed E-state index contributed by atoms with van der Waals surface area (Å²) in [5, 5.41) is 6.48. The first-order valence-electron chi connectivity index (χ1n) is 7.02. The zero-order chi connectivity index (χ0) is 15.8. The van der Waals surface area contributed by atoms with Gasteiger partial charge in [0.15, 0.2) is 5.96 Å². The molecule has 0 saturated heterocycles. The molecule has 0 aromatic rings. The first kappa shape index (κ1) is 22.7. The van der Waals surface area contributed by atoms with Gasteiger partial charge in [-0.3, -0.25) is 4.79 Å². The van der Waals surface area contributed by atoms with Gasteiger partial charge in [0.2, 0.25) is 5.91 Å². The lowest BCUT2D eigenvalue weighted by atomic mass is 10.1. The number of nitrogens with zero attached hydrogens (tertiary/aromatic N) is 2. The van der Waals surface area contributed by atoms with E-state index in [-0.39, 0.29) is 42.0 Å². The van der Waals surface area contributed by atoms with Gasteiger partial charge in [0.05, 0.1) is 5.60 Å². The van der Waals surface area contributed by atoms with Crippen LogP contribution in [0.2, 0.25) is 0 Å². The number of likely N-dealkylation sites (N-methyl/N-ethyl adjacent to an activating group) is 1. The third kappa shape index (κ3) is 10.8. The van der Waals surface area contributed by atoms with E-state index in [4.69, 9.17) is 4.74 Å². The van der Waals surface area contributed by atoms with Crippen LogP contribution in [0.4, 0.5) is 0 Å². The molecule has 1 unspecified atom stereocenters. The summed E-state index contributed by atoms with van der Waals surface area (Å²) in [7, 11) is 5.12. The first-order chi connectivity index (χ1) is 9.21. The lowest BCUT2D eigenvalue weighted by Crippen LogP contribution is -2.48. The Morgan fingerprint density at radius 2 is 1.95 bits per heavy atom. The second-order valence-electron chi connectivity index (χ2n) is 5.72. The molecule has 0 aliphatic carbocycles. The van der Waals surface area contributed by atoms with E-state index >= 15 is 0 Å². The Balaban J connectivity index is 0. The molecule has 7 heteroatoms. The van der Waals surface area contributed by atoms with Crippen LogP contribution in [-0.2, 0) is 9.53 Å². The number of nitrogens with one attached hydrogen (secondary N) is 2. The Bertz CT molecular complexity index is 333. The maximum absolute atomic E-state index is 11.6. The molecule has 1 atom stereocenters. The lowest BCUT2D eigenvalue weighted by molar-refractivity contribution is -0.127. The highest BCUT2D eigenvalue weighted by Crippen LogP contribution is 2.04. The summed E-state index contributed by atoms with van der Waals surface area (Å²) in [6.45, 7) is 8.90. The topological polar surface area (TPSA) is 66.0 Å². The Hall–Kier alpha value is -0.570. The molecule has 0 aromatic carbocycles. The van der Waals surface area contributed by atoms with Crippen LogP contribution in [0.25, 0.3) is 0 Å². The highest BCUT2D eigenvalue weighted by molar-refractivity contribution is 14.0. The van der Waals surface area contributed by atoms with Crippen molar-refractivity contribution in [3.05, 3.63) is 0 Å². The first-order valence-corrected chi connectivity index (χ1v) is 7.02. The van der Waals surface area contributed by atoms with Gasteiger partial charge >= 0.3 is 0 Å². The summed E-state index contributed by atoms with van der Waals surface area (Å²) < 4.78 is 5.36. The summed E-state index contributed by atoms with van der Waals surface area (Å²) in [5.74, 6) is 0.612. The number of hydrogen-bond donors (Lipinski definition) is 2. The third-order valence-electron chi connectivity index (χ3n) is 3.10. The van der Waals surface area contributed by atoms with Crippen molar-refractivity contribution in [3.8, 4) is 0 Å². The summed E-state index contributed by atoms with van der Waals surface area (Å²) in [4.78, 5) is 17.4. The van der Waals surface area contributed by atoms with Gasteiger partial charge in [-0.15, -0.1) is 24.0 Å². The molecule has 0 aliphatic heterocycles. The van der Waals surface area contributed by atoms with Crippen molar-refractivity contribution in [2.45, 2.75) is 45.8 Å². The Labute approximate surface area is 146 Å². The van der Waals surface area contributed by atoms with Gasteiger partial charge < -0.3 is 20.3 Å². The molecule has 0 radical (unpaired) electrons. The second kappa shape index (κ2) is 11.1. The summed E-state index contributed by atoms with van der Waals surface area (Å²) in [6.07, 6.45) is 0.982. The fraction of sp³-hybridized carbons (Fsp3) is 0.857. The standard InChI is InChI=1S/C14H30N4O2.HI/c1-8-11(2)17-13(15-9-12(19)18(5)6)16-10-14(3,4)20-7;/h11H,8-10H2,1-7H3,(H2,15,16,17);1H. The fourth-order valence-electron chi connectivity index (χ4n) is 1.14. The van der Waals surface area contributed by atoms with Crippen molar-refractivity contribution >= 4 is 35.8 Å². The molecular formula is C14H31IN4O2. The number of amides is 1. The van der Waals surface area contributed by atoms with Crippen LogP contribution < -0.4 is 10.6 Å². The number of carbonyl (C=O) groups excluding carboxylic acids is 1. The predicted octanol–water partition coefficient (Wildman–Crippen LogP) is 1.45. The minimum Gasteiger partial charge on any atom is -0.377 e. The lowest BCUT2D eigenvalue weighted by Gasteiger charge is -2.25. The molecule has 0 heterocycles. The van der Waals surface area contributed by atoms with E-state index in [1.165, 1.54) is 4.90 Å². The normalized spacial score (nSPS) is 13.2. The molecule has 0 saturated carbocycles. The van der Waals surface area contributed by atoms with Crippen LogP contribution in [0.3, 0.4) is 0 Å². The smallest absolute Gasteiger partial charge is 0.243 e. The van der Waals surface area contributed by atoms with Crippen molar-refractivity contribution in [2.75, 3.05) is 34.3 Å². The maximum Gasteiger partial charge on any atom is 0.243 e. The average molecular weight is 414 g/mol. The minimum atomic E-state index is -0.288. The van der Waals surface area contributed by atoms with Gasteiger partial charge in [-0.1, -0.05) is 6.92 Å². The molecule has 2 N–H and O–H groups in total. The molecular weight excluding hydrogens is 383 g/mol. The maximum atomic E-state index is 11.6. The van der Waals surface area contributed by atoms with Gasteiger partial charge in [-0.05, 0) is 27.2 Å². The van der Waals surface area contributed by atoms with Gasteiger partial charge in [0.1, 0.15) is 6.54 Å². The van der Waals surface area contributed by atoms with Crippen molar-refractivity contribution in [3.63, 3.8) is 0 Å². The quantitative estimate of drug-likeness (QED) is 0.376. The van der Waals surface area contributed by atoms with Crippen LogP contribution in [-0.4, -0.2) is 62.7 Å². The molecule has 0 rings (SSSR count). The average Bonchev–Trinajstić information content (AvgIpc) is 2.40. The van der Waals surface area contributed by atoms with E-state index in [0.717, 1.165) is 6.42 Å². The number of carbonyl (C=O) groups is 1. The number of methoxy groups -OCH3 is 1. The Kier molecular flexibility index (Phi) is 12.0. The van der Waals surface area contributed by atoms with Gasteiger partial charge in [0.25, 0.3) is 0 Å². The van der Waals surface area contributed by atoms with E-state index < -0.39 is 0 Å². The summed E-state index contributed by atoms with van der Waals surface area (Å²) >= 11 is 0. The van der Waals surface area contributed by atoms with E-state index in [1.807, 2.05) is 13.8 Å². The molecule has 0 aromatic heterocycles. The van der Waals surface area contributed by atoms with Crippen LogP contribution in [0.15, 0.2) is 4.99 Å². The predicted molar refractivity (Wildman–Crippen MR) is 98.4 cm³/mol. The van der Waals surface area contributed by atoms with Gasteiger partial charge in [-0.25, -0.2) is 4.99 Å². The molecule has 126 valence electrons. The summed E-state index contributed by atoms with van der Waals surface area (Å²) in [6, 6.07) is 0.293. The highest BCUT2D eigenvalue weighted by atomic mass is 127. The van der Waals surface area contributed by atoms with Crippen LogP contribution in [0.1, 0.15) is 34.1 Å². The van der Waals surface area contributed by atoms with Crippen molar-refractivity contribution in [1.82, 2.24) is 15.5 Å². The Morgan fingerprint density at radius 1 is 1.38 bits per heavy atom. The van der Waals surface area contributed by atoms with Crippen LogP contribution in [0.5, 0.6) is 0 Å². The molecule has 6 nitrogen and oxygen atoms in total. The number of halogens is 1. The van der Waals surface area contributed by atoms with Crippen LogP contribution in [0, 0.1) is 0 Å². The van der Waals surface area contributed by atoms with E-state index in [0.29, 0.717) is 18.5 Å². The SMILES string of the molecule is CCC(C)NC(=NCC(=O)N(C)C)NCC(C)(C)OC.I. The second-order valence-corrected chi connectivity index (χ2v) is 5.72. The van der Waals surface area contributed by atoms with Crippen molar-refractivity contribution in [2.24, 2.45) is 4.99 Å². The molecule has 1 amide bonds. The molecule has 0 spiro atoms. The third-order valence-corrected chi connectivity index (χ3v) is 3.10. The van der Waals surface area contributed by atoms with Crippen molar-refractivity contribution in [1.29, 1.82) is 0 Å².